The number of amides is 1. The SMILES string of the molecule is C=CC(=O)N1CCN(c2cc(C(=O)O)nc3c2CCN(c2cccc4ccccc24)C3)CC1. The minimum Gasteiger partial charge on any atom is -0.477 e. The van der Waals surface area contributed by atoms with Crippen LogP contribution in [0.5, 0.6) is 0 Å². The van der Waals surface area contributed by atoms with E-state index in [0.717, 1.165) is 35.6 Å². The number of pyridine rings is 1. The number of aromatic carboxylic acids is 1. The Hall–Kier alpha value is -3.87. The van der Waals surface area contributed by atoms with Gasteiger partial charge in [-0.3, -0.25) is 4.79 Å². The summed E-state index contributed by atoms with van der Waals surface area (Å²) < 4.78 is 0. The molecule has 0 radical (unpaired) electrons. The molecule has 0 aliphatic carbocycles. The van der Waals surface area contributed by atoms with Gasteiger partial charge in [-0.1, -0.05) is 43.0 Å². The first-order valence-corrected chi connectivity index (χ1v) is 11.2. The van der Waals surface area contributed by atoms with E-state index >= 15 is 0 Å². The number of hydrogen-bond donors (Lipinski definition) is 1. The number of piperazine rings is 1. The van der Waals surface area contributed by atoms with Crippen molar-refractivity contribution < 1.29 is 14.7 Å². The highest BCUT2D eigenvalue weighted by Gasteiger charge is 2.28. The molecule has 1 fully saturated rings. The predicted octanol–water partition coefficient (Wildman–Crippen LogP) is 3.33. The molecule has 7 heteroatoms. The molecular weight excluding hydrogens is 416 g/mol. The molecule has 0 unspecified atom stereocenters. The Balaban J connectivity index is 1.47. The first-order chi connectivity index (χ1) is 16.0. The molecule has 0 bridgehead atoms. The second kappa shape index (κ2) is 8.58. The van der Waals surface area contributed by atoms with Crippen LogP contribution in [0.25, 0.3) is 10.8 Å². The number of carboxylic acid groups (broad SMARTS) is 1. The van der Waals surface area contributed by atoms with E-state index in [1.165, 1.54) is 16.8 Å². The van der Waals surface area contributed by atoms with Crippen molar-refractivity contribution in [3.63, 3.8) is 0 Å². The molecule has 3 heterocycles. The minimum absolute atomic E-state index is 0.0631. The molecule has 2 aromatic carbocycles. The molecule has 5 rings (SSSR count). The van der Waals surface area contributed by atoms with Gasteiger partial charge in [-0.25, -0.2) is 9.78 Å². The van der Waals surface area contributed by atoms with Gasteiger partial charge in [-0.2, -0.15) is 0 Å². The first-order valence-electron chi connectivity index (χ1n) is 11.2. The normalized spacial score (nSPS) is 15.9. The fraction of sp³-hybridized carbons (Fsp3) is 0.269. The number of aromatic nitrogens is 1. The van der Waals surface area contributed by atoms with Gasteiger partial charge >= 0.3 is 5.97 Å². The number of carbonyl (C=O) groups is 2. The summed E-state index contributed by atoms with van der Waals surface area (Å²) in [5, 5.41) is 12.1. The summed E-state index contributed by atoms with van der Waals surface area (Å²) in [6.07, 6.45) is 2.13. The molecule has 0 spiro atoms. The van der Waals surface area contributed by atoms with E-state index in [-0.39, 0.29) is 11.6 Å². The summed E-state index contributed by atoms with van der Waals surface area (Å²) in [6.45, 7) is 7.45. The number of nitrogens with zero attached hydrogens (tertiary/aromatic N) is 4. The van der Waals surface area contributed by atoms with Gasteiger partial charge in [-0.15, -0.1) is 0 Å². The molecule has 3 aromatic rings. The van der Waals surface area contributed by atoms with E-state index in [2.05, 4.69) is 51.7 Å². The summed E-state index contributed by atoms with van der Waals surface area (Å²) in [5.74, 6) is -1.09. The average molecular weight is 443 g/mol. The Morgan fingerprint density at radius 1 is 0.939 bits per heavy atom. The van der Waals surface area contributed by atoms with E-state index < -0.39 is 5.97 Å². The maximum atomic E-state index is 11.9. The van der Waals surface area contributed by atoms with E-state index in [1.54, 1.807) is 11.0 Å². The molecule has 33 heavy (non-hydrogen) atoms. The zero-order valence-corrected chi connectivity index (χ0v) is 18.4. The summed E-state index contributed by atoms with van der Waals surface area (Å²) in [4.78, 5) is 34.6. The second-order valence-corrected chi connectivity index (χ2v) is 8.44. The molecular formula is C26H26N4O3. The molecule has 0 atom stereocenters. The van der Waals surface area contributed by atoms with Crippen LogP contribution < -0.4 is 9.80 Å². The van der Waals surface area contributed by atoms with Gasteiger partial charge in [0.15, 0.2) is 5.69 Å². The lowest BCUT2D eigenvalue weighted by Gasteiger charge is -2.39. The standard InChI is InChI=1S/C26H26N4O3/c1-2-25(31)29-14-12-28(13-15-29)24-16-21(26(32)33)27-22-17-30(11-10-20(22)24)23-9-5-7-18-6-3-4-8-19(18)23/h2-9,16H,1,10-15,17H2,(H,32,33). The number of carbonyl (C=O) groups excluding carboxylic acids is 1. The van der Waals surface area contributed by atoms with Crippen molar-refractivity contribution in [1.82, 2.24) is 9.88 Å². The third kappa shape index (κ3) is 3.91. The molecule has 2 aliphatic rings. The smallest absolute Gasteiger partial charge is 0.354 e. The maximum Gasteiger partial charge on any atom is 0.354 e. The molecule has 1 N–H and O–H groups in total. The molecule has 1 aromatic heterocycles. The molecule has 1 amide bonds. The van der Waals surface area contributed by atoms with Crippen LogP contribution in [-0.4, -0.2) is 59.6 Å². The Labute approximate surface area is 192 Å². The summed E-state index contributed by atoms with van der Waals surface area (Å²) in [7, 11) is 0. The molecule has 168 valence electrons. The molecule has 1 saturated heterocycles. The van der Waals surface area contributed by atoms with Crippen molar-refractivity contribution in [2.75, 3.05) is 42.5 Å². The van der Waals surface area contributed by atoms with Crippen molar-refractivity contribution in [1.29, 1.82) is 0 Å². The zero-order valence-electron chi connectivity index (χ0n) is 18.4. The van der Waals surface area contributed by atoms with Crippen molar-refractivity contribution in [3.05, 3.63) is 78.1 Å². The van der Waals surface area contributed by atoms with Gasteiger partial charge in [0.2, 0.25) is 5.91 Å². The summed E-state index contributed by atoms with van der Waals surface area (Å²) in [6, 6.07) is 16.3. The zero-order chi connectivity index (χ0) is 22.9. The monoisotopic (exact) mass is 442 g/mol. The van der Waals surface area contributed by atoms with Crippen molar-refractivity contribution >= 4 is 34.0 Å². The number of anilines is 2. The molecule has 7 nitrogen and oxygen atoms in total. The van der Waals surface area contributed by atoms with Crippen LogP contribution >= 0.6 is 0 Å². The Morgan fingerprint density at radius 3 is 2.45 bits per heavy atom. The lowest BCUT2D eigenvalue weighted by molar-refractivity contribution is -0.126. The molecule has 2 aliphatic heterocycles. The third-order valence-electron chi connectivity index (χ3n) is 6.59. The number of fused-ring (bicyclic) bond motifs is 2. The van der Waals surface area contributed by atoms with E-state index in [1.807, 2.05) is 12.1 Å². The Bertz CT molecular complexity index is 1240. The lowest BCUT2D eigenvalue weighted by Crippen LogP contribution is -2.49. The van der Waals surface area contributed by atoms with Crippen LogP contribution in [0, 0.1) is 0 Å². The van der Waals surface area contributed by atoms with E-state index in [9.17, 15) is 14.7 Å². The summed E-state index contributed by atoms with van der Waals surface area (Å²) >= 11 is 0. The molecule has 0 saturated carbocycles. The quantitative estimate of drug-likeness (QED) is 0.625. The average Bonchev–Trinajstić information content (AvgIpc) is 2.87. The van der Waals surface area contributed by atoms with Gasteiger partial charge in [0.25, 0.3) is 0 Å². The maximum absolute atomic E-state index is 11.9. The predicted molar refractivity (Wildman–Crippen MR) is 129 cm³/mol. The Morgan fingerprint density at radius 2 is 1.70 bits per heavy atom. The Kier molecular flexibility index (Phi) is 5.46. The van der Waals surface area contributed by atoms with Crippen molar-refractivity contribution in [2.45, 2.75) is 13.0 Å². The number of rotatable bonds is 4. The highest BCUT2D eigenvalue weighted by Crippen LogP contribution is 2.34. The largest absolute Gasteiger partial charge is 0.477 e. The van der Waals surface area contributed by atoms with Crippen molar-refractivity contribution in [2.24, 2.45) is 0 Å². The van der Waals surface area contributed by atoms with Gasteiger partial charge in [-0.05, 0) is 30.0 Å². The fourth-order valence-electron chi connectivity index (χ4n) is 4.90. The first kappa shape index (κ1) is 21.0. The highest BCUT2D eigenvalue weighted by atomic mass is 16.4. The van der Waals surface area contributed by atoms with E-state index in [0.29, 0.717) is 32.7 Å². The van der Waals surface area contributed by atoms with Crippen molar-refractivity contribution in [3.8, 4) is 0 Å². The van der Waals surface area contributed by atoms with Gasteiger partial charge in [0.1, 0.15) is 0 Å². The summed E-state index contributed by atoms with van der Waals surface area (Å²) in [5.41, 5.74) is 4.06. The number of benzene rings is 2. The van der Waals surface area contributed by atoms with Crippen LogP contribution in [0.3, 0.4) is 0 Å². The third-order valence-corrected chi connectivity index (χ3v) is 6.59. The lowest BCUT2D eigenvalue weighted by atomic mass is 9.99. The van der Waals surface area contributed by atoms with E-state index in [4.69, 9.17) is 0 Å². The van der Waals surface area contributed by atoms with Gasteiger partial charge in [0, 0.05) is 55.0 Å². The number of hydrogen-bond acceptors (Lipinski definition) is 5. The highest BCUT2D eigenvalue weighted by molar-refractivity contribution is 5.94. The fourth-order valence-corrected chi connectivity index (χ4v) is 4.90. The van der Waals surface area contributed by atoms with Gasteiger partial charge in [0.05, 0.1) is 12.2 Å². The van der Waals surface area contributed by atoms with Crippen LogP contribution in [0.1, 0.15) is 21.7 Å². The van der Waals surface area contributed by atoms with Crippen LogP contribution in [0.4, 0.5) is 11.4 Å². The second-order valence-electron chi connectivity index (χ2n) is 8.44. The van der Waals surface area contributed by atoms with Crippen LogP contribution in [-0.2, 0) is 17.8 Å². The minimum atomic E-state index is -1.03. The van der Waals surface area contributed by atoms with Crippen LogP contribution in [0.2, 0.25) is 0 Å². The topological polar surface area (TPSA) is 77.0 Å². The van der Waals surface area contributed by atoms with Gasteiger partial charge < -0.3 is 19.8 Å². The number of carboxylic acids is 1. The van der Waals surface area contributed by atoms with Crippen LogP contribution in [0.15, 0.2) is 61.2 Å².